The molecule has 0 aliphatic carbocycles. The maximum absolute atomic E-state index is 13.4. The molecule has 2 N–H and O–H groups in total. The third-order valence-electron chi connectivity index (χ3n) is 2.92. The maximum atomic E-state index is 13.4. The Morgan fingerprint density at radius 1 is 1.17 bits per heavy atom. The van der Waals surface area contributed by atoms with Crippen LogP contribution in [0.1, 0.15) is 10.4 Å². The van der Waals surface area contributed by atoms with Gasteiger partial charge >= 0.3 is 5.97 Å². The number of carboxylic acids is 1. The SMILES string of the molecule is COc1ccc(C(=O)O)cc1NC(=O)COc1ccccc1F. The van der Waals surface area contributed by atoms with Gasteiger partial charge in [0.15, 0.2) is 18.2 Å². The summed E-state index contributed by atoms with van der Waals surface area (Å²) in [6.45, 7) is -0.429. The third kappa shape index (κ3) is 4.19. The average Bonchev–Trinajstić information content (AvgIpc) is 2.54. The number of amides is 1. The van der Waals surface area contributed by atoms with E-state index in [1.165, 1.54) is 43.5 Å². The molecule has 6 nitrogen and oxygen atoms in total. The van der Waals surface area contributed by atoms with Gasteiger partial charge in [-0.3, -0.25) is 4.79 Å². The smallest absolute Gasteiger partial charge is 0.335 e. The van der Waals surface area contributed by atoms with Crippen LogP contribution in [0.2, 0.25) is 0 Å². The van der Waals surface area contributed by atoms with Gasteiger partial charge < -0.3 is 19.9 Å². The topological polar surface area (TPSA) is 84.9 Å². The van der Waals surface area contributed by atoms with E-state index < -0.39 is 24.3 Å². The molecule has 23 heavy (non-hydrogen) atoms. The zero-order chi connectivity index (χ0) is 16.8. The molecule has 1 amide bonds. The molecule has 7 heteroatoms. The molecule has 0 aliphatic rings. The second-order valence-corrected chi connectivity index (χ2v) is 4.49. The molecule has 0 heterocycles. The number of hydrogen-bond acceptors (Lipinski definition) is 4. The number of carbonyl (C=O) groups excluding carboxylic acids is 1. The van der Waals surface area contributed by atoms with Gasteiger partial charge in [-0.25, -0.2) is 9.18 Å². The molecule has 0 aromatic heterocycles. The van der Waals surface area contributed by atoms with Gasteiger partial charge in [0.1, 0.15) is 5.75 Å². The van der Waals surface area contributed by atoms with Gasteiger partial charge in [-0.05, 0) is 30.3 Å². The van der Waals surface area contributed by atoms with E-state index >= 15 is 0 Å². The number of methoxy groups -OCH3 is 1. The number of ether oxygens (including phenoxy) is 2. The van der Waals surface area contributed by atoms with Crippen molar-refractivity contribution >= 4 is 17.6 Å². The van der Waals surface area contributed by atoms with E-state index in [1.807, 2.05) is 0 Å². The van der Waals surface area contributed by atoms with Gasteiger partial charge in [0, 0.05) is 0 Å². The van der Waals surface area contributed by atoms with Crippen molar-refractivity contribution in [3.63, 3.8) is 0 Å². The van der Waals surface area contributed by atoms with Crippen LogP contribution in [0.15, 0.2) is 42.5 Å². The van der Waals surface area contributed by atoms with Crippen molar-refractivity contribution in [2.45, 2.75) is 0 Å². The van der Waals surface area contributed by atoms with Crippen molar-refractivity contribution in [1.29, 1.82) is 0 Å². The van der Waals surface area contributed by atoms with Crippen LogP contribution in [0.5, 0.6) is 11.5 Å². The Balaban J connectivity index is 2.06. The number of aromatic carboxylic acids is 1. The molecule has 0 spiro atoms. The molecule has 0 bridgehead atoms. The Labute approximate surface area is 131 Å². The summed E-state index contributed by atoms with van der Waals surface area (Å²) in [5.41, 5.74) is 0.186. The molecule has 120 valence electrons. The number of carbonyl (C=O) groups is 2. The zero-order valence-electron chi connectivity index (χ0n) is 12.2. The van der Waals surface area contributed by atoms with E-state index in [1.54, 1.807) is 6.07 Å². The van der Waals surface area contributed by atoms with Crippen molar-refractivity contribution in [1.82, 2.24) is 0 Å². The molecular weight excluding hydrogens is 305 g/mol. The first-order valence-corrected chi connectivity index (χ1v) is 6.59. The Kier molecular flexibility index (Phi) is 5.14. The Hall–Kier alpha value is -3.09. The normalized spacial score (nSPS) is 10.0. The summed E-state index contributed by atoms with van der Waals surface area (Å²) < 4.78 is 23.5. The third-order valence-corrected chi connectivity index (χ3v) is 2.92. The molecule has 2 aromatic rings. The van der Waals surface area contributed by atoms with E-state index in [2.05, 4.69) is 5.32 Å². The monoisotopic (exact) mass is 319 g/mol. The fourth-order valence-corrected chi connectivity index (χ4v) is 1.83. The lowest BCUT2D eigenvalue weighted by molar-refractivity contribution is -0.118. The highest BCUT2D eigenvalue weighted by atomic mass is 19.1. The molecule has 0 fully saturated rings. The first-order chi connectivity index (χ1) is 11.0. The van der Waals surface area contributed by atoms with Crippen LogP contribution in [0.3, 0.4) is 0 Å². The van der Waals surface area contributed by atoms with E-state index in [4.69, 9.17) is 14.6 Å². The minimum atomic E-state index is -1.13. The molecule has 2 rings (SSSR count). The van der Waals surface area contributed by atoms with Crippen molar-refractivity contribution in [3.05, 3.63) is 53.8 Å². The van der Waals surface area contributed by atoms with Gasteiger partial charge in [0.05, 0.1) is 18.4 Å². The second kappa shape index (κ2) is 7.26. The Morgan fingerprint density at radius 2 is 1.91 bits per heavy atom. The number of rotatable bonds is 6. The summed E-state index contributed by atoms with van der Waals surface area (Å²) in [5.74, 6) is -2.03. The lowest BCUT2D eigenvalue weighted by Crippen LogP contribution is -2.21. The van der Waals surface area contributed by atoms with Gasteiger partial charge in [-0.1, -0.05) is 12.1 Å². The second-order valence-electron chi connectivity index (χ2n) is 4.49. The number of para-hydroxylation sites is 1. The lowest BCUT2D eigenvalue weighted by atomic mass is 10.2. The van der Waals surface area contributed by atoms with Gasteiger partial charge in [-0.2, -0.15) is 0 Å². The minimum absolute atomic E-state index is 0.00359. The highest BCUT2D eigenvalue weighted by Crippen LogP contribution is 2.25. The van der Waals surface area contributed by atoms with Crippen LogP contribution in [0.25, 0.3) is 0 Å². The largest absolute Gasteiger partial charge is 0.495 e. The van der Waals surface area contributed by atoms with E-state index in [9.17, 15) is 14.0 Å². The predicted molar refractivity (Wildman–Crippen MR) is 80.5 cm³/mol. The van der Waals surface area contributed by atoms with E-state index in [-0.39, 0.29) is 17.0 Å². The summed E-state index contributed by atoms with van der Waals surface area (Å²) in [5, 5.41) is 11.4. The molecule has 0 radical (unpaired) electrons. The van der Waals surface area contributed by atoms with Gasteiger partial charge in [-0.15, -0.1) is 0 Å². The summed E-state index contributed by atoms with van der Waals surface area (Å²) in [6.07, 6.45) is 0. The lowest BCUT2D eigenvalue weighted by Gasteiger charge is -2.12. The fraction of sp³-hybridized carbons (Fsp3) is 0.125. The number of carboxylic acid groups (broad SMARTS) is 1. The highest BCUT2D eigenvalue weighted by Gasteiger charge is 2.12. The van der Waals surface area contributed by atoms with Gasteiger partial charge in [0.2, 0.25) is 0 Å². The van der Waals surface area contributed by atoms with Crippen molar-refractivity contribution in [2.24, 2.45) is 0 Å². The van der Waals surface area contributed by atoms with Crippen LogP contribution in [-0.2, 0) is 4.79 Å². The van der Waals surface area contributed by atoms with Crippen molar-refractivity contribution < 1.29 is 28.6 Å². The molecular formula is C16H14FNO5. The first kappa shape index (κ1) is 16.3. The standard InChI is InChI=1S/C16H14FNO5/c1-22-14-7-6-10(16(20)21)8-12(14)18-15(19)9-23-13-5-3-2-4-11(13)17/h2-8H,9H2,1H3,(H,18,19)(H,20,21). The van der Waals surface area contributed by atoms with E-state index in [0.29, 0.717) is 5.75 Å². The quantitative estimate of drug-likeness (QED) is 0.855. The van der Waals surface area contributed by atoms with E-state index in [0.717, 1.165) is 0 Å². The maximum Gasteiger partial charge on any atom is 0.335 e. The number of anilines is 1. The predicted octanol–water partition coefficient (Wildman–Crippen LogP) is 2.55. The van der Waals surface area contributed by atoms with Crippen LogP contribution in [0.4, 0.5) is 10.1 Å². The van der Waals surface area contributed by atoms with Crippen molar-refractivity contribution in [2.75, 3.05) is 19.0 Å². The summed E-state index contributed by atoms with van der Waals surface area (Å²) >= 11 is 0. The number of benzene rings is 2. The first-order valence-electron chi connectivity index (χ1n) is 6.59. The van der Waals surface area contributed by atoms with Crippen LogP contribution >= 0.6 is 0 Å². The number of nitrogens with one attached hydrogen (secondary N) is 1. The Bertz CT molecular complexity index is 732. The Morgan fingerprint density at radius 3 is 2.57 bits per heavy atom. The highest BCUT2D eigenvalue weighted by molar-refractivity contribution is 5.96. The van der Waals surface area contributed by atoms with Crippen molar-refractivity contribution in [3.8, 4) is 11.5 Å². The zero-order valence-corrected chi connectivity index (χ0v) is 12.2. The summed E-state index contributed by atoms with van der Waals surface area (Å²) in [7, 11) is 1.39. The van der Waals surface area contributed by atoms with Crippen LogP contribution in [0, 0.1) is 5.82 Å². The summed E-state index contributed by atoms with van der Waals surface area (Å²) in [4.78, 5) is 22.9. The number of halogens is 1. The molecule has 0 unspecified atom stereocenters. The molecule has 0 saturated carbocycles. The minimum Gasteiger partial charge on any atom is -0.495 e. The molecule has 0 aliphatic heterocycles. The fourth-order valence-electron chi connectivity index (χ4n) is 1.83. The molecule has 2 aromatic carbocycles. The van der Waals surface area contributed by atoms with Crippen LogP contribution < -0.4 is 14.8 Å². The average molecular weight is 319 g/mol. The molecule has 0 atom stereocenters. The van der Waals surface area contributed by atoms with Gasteiger partial charge in [0.25, 0.3) is 5.91 Å². The molecule has 0 saturated heterocycles. The number of hydrogen-bond donors (Lipinski definition) is 2. The van der Waals surface area contributed by atoms with Crippen LogP contribution in [-0.4, -0.2) is 30.7 Å². The summed E-state index contributed by atoms with van der Waals surface area (Å²) in [6, 6.07) is 9.74.